The number of carbonyl (C=O) groups is 1. The predicted octanol–water partition coefficient (Wildman–Crippen LogP) is 4.26. The highest BCUT2D eigenvalue weighted by Crippen LogP contribution is 2.33. The van der Waals surface area contributed by atoms with Gasteiger partial charge in [0.2, 0.25) is 6.10 Å². The van der Waals surface area contributed by atoms with E-state index in [1.54, 1.807) is 0 Å². The van der Waals surface area contributed by atoms with E-state index in [1.165, 1.54) is 24.3 Å². The number of esters is 1. The number of ether oxygens (including phenoxy) is 1. The van der Waals surface area contributed by atoms with Gasteiger partial charge in [0.1, 0.15) is 0 Å². The SMILES string of the molecule is CCC[C@@H](CN1CCCCC1)[C@@H](OC(=O)c1ccc(N)cc1)C(F)(F)F. The molecule has 146 valence electrons. The van der Waals surface area contributed by atoms with Crippen LogP contribution in [0.15, 0.2) is 24.3 Å². The summed E-state index contributed by atoms with van der Waals surface area (Å²) >= 11 is 0. The summed E-state index contributed by atoms with van der Waals surface area (Å²) in [7, 11) is 0. The number of benzene rings is 1. The molecule has 1 aliphatic rings. The van der Waals surface area contributed by atoms with Crippen molar-refractivity contribution >= 4 is 11.7 Å². The van der Waals surface area contributed by atoms with E-state index >= 15 is 0 Å². The number of nitrogens with two attached hydrogens (primary N) is 1. The molecule has 4 nitrogen and oxygen atoms in total. The molecule has 0 spiro atoms. The molecule has 2 atom stereocenters. The maximum absolute atomic E-state index is 13.7. The summed E-state index contributed by atoms with van der Waals surface area (Å²) in [5.41, 5.74) is 6.06. The predicted molar refractivity (Wildman–Crippen MR) is 94.8 cm³/mol. The Kier molecular flexibility index (Phi) is 7.32. The van der Waals surface area contributed by atoms with Crippen LogP contribution < -0.4 is 5.73 Å². The Morgan fingerprint density at radius 3 is 2.35 bits per heavy atom. The zero-order chi connectivity index (χ0) is 19.2. The van der Waals surface area contributed by atoms with Crippen LogP contribution in [-0.4, -0.2) is 42.8 Å². The Labute approximate surface area is 152 Å². The molecule has 1 fully saturated rings. The molecular weight excluding hydrogens is 345 g/mol. The molecule has 0 amide bonds. The lowest BCUT2D eigenvalue weighted by Crippen LogP contribution is -2.46. The zero-order valence-corrected chi connectivity index (χ0v) is 15.1. The Balaban J connectivity index is 2.14. The van der Waals surface area contributed by atoms with Crippen molar-refractivity contribution in [1.82, 2.24) is 4.90 Å². The van der Waals surface area contributed by atoms with Crippen molar-refractivity contribution in [3.05, 3.63) is 29.8 Å². The van der Waals surface area contributed by atoms with E-state index in [1.807, 2.05) is 6.92 Å². The van der Waals surface area contributed by atoms with Crippen molar-refractivity contribution in [2.24, 2.45) is 5.92 Å². The first-order valence-corrected chi connectivity index (χ1v) is 9.17. The molecule has 0 radical (unpaired) electrons. The maximum Gasteiger partial charge on any atom is 0.425 e. The van der Waals surface area contributed by atoms with Crippen LogP contribution in [-0.2, 0) is 4.74 Å². The van der Waals surface area contributed by atoms with Crippen LogP contribution in [0.1, 0.15) is 49.4 Å². The number of nitrogen functional groups attached to an aromatic ring is 1. The molecule has 1 aromatic carbocycles. The number of nitrogens with zero attached hydrogens (tertiary/aromatic N) is 1. The normalized spacial score (nSPS) is 18.3. The van der Waals surface area contributed by atoms with Gasteiger partial charge in [-0.1, -0.05) is 19.8 Å². The van der Waals surface area contributed by atoms with Crippen LogP contribution in [0.3, 0.4) is 0 Å². The highest BCUT2D eigenvalue weighted by Gasteiger charge is 2.48. The fourth-order valence-corrected chi connectivity index (χ4v) is 3.42. The topological polar surface area (TPSA) is 55.6 Å². The Morgan fingerprint density at radius 2 is 1.81 bits per heavy atom. The molecule has 2 N–H and O–H groups in total. The van der Waals surface area contributed by atoms with Gasteiger partial charge in [0, 0.05) is 18.2 Å². The molecule has 0 saturated carbocycles. The monoisotopic (exact) mass is 372 g/mol. The molecule has 0 aromatic heterocycles. The minimum absolute atomic E-state index is 0.0710. The first kappa shape index (κ1) is 20.6. The summed E-state index contributed by atoms with van der Waals surface area (Å²) in [5, 5.41) is 0. The molecule has 1 heterocycles. The third-order valence-electron chi connectivity index (χ3n) is 4.73. The minimum Gasteiger partial charge on any atom is -0.449 e. The largest absolute Gasteiger partial charge is 0.449 e. The average molecular weight is 372 g/mol. The second kappa shape index (κ2) is 9.26. The van der Waals surface area contributed by atoms with Crippen LogP contribution in [0.25, 0.3) is 0 Å². The van der Waals surface area contributed by atoms with Gasteiger partial charge in [0.15, 0.2) is 0 Å². The van der Waals surface area contributed by atoms with Gasteiger partial charge in [-0.15, -0.1) is 0 Å². The number of anilines is 1. The number of carbonyl (C=O) groups excluding carboxylic acids is 1. The molecule has 0 bridgehead atoms. The molecule has 1 aromatic rings. The Morgan fingerprint density at radius 1 is 1.19 bits per heavy atom. The lowest BCUT2D eigenvalue weighted by Gasteiger charge is -2.34. The van der Waals surface area contributed by atoms with E-state index in [-0.39, 0.29) is 5.56 Å². The fraction of sp³-hybridized carbons (Fsp3) is 0.632. The van der Waals surface area contributed by atoms with E-state index in [4.69, 9.17) is 10.5 Å². The second-order valence-electron chi connectivity index (χ2n) is 6.90. The molecule has 1 aliphatic heterocycles. The zero-order valence-electron chi connectivity index (χ0n) is 15.1. The summed E-state index contributed by atoms with van der Waals surface area (Å²) in [6, 6.07) is 5.70. The molecule has 7 heteroatoms. The quantitative estimate of drug-likeness (QED) is 0.574. The maximum atomic E-state index is 13.7. The number of likely N-dealkylation sites (tertiary alicyclic amines) is 1. The molecule has 2 rings (SSSR count). The number of rotatable bonds is 7. The van der Waals surface area contributed by atoms with Crippen molar-refractivity contribution in [1.29, 1.82) is 0 Å². The van der Waals surface area contributed by atoms with Crippen LogP contribution in [0.2, 0.25) is 0 Å². The number of alkyl halides is 3. The third-order valence-corrected chi connectivity index (χ3v) is 4.73. The van der Waals surface area contributed by atoms with Crippen LogP contribution >= 0.6 is 0 Å². The summed E-state index contributed by atoms with van der Waals surface area (Å²) in [6.07, 6.45) is -2.63. The van der Waals surface area contributed by atoms with Crippen LogP contribution in [0, 0.1) is 5.92 Å². The number of piperidine rings is 1. The highest BCUT2D eigenvalue weighted by molar-refractivity contribution is 5.89. The average Bonchev–Trinajstić information content (AvgIpc) is 2.60. The summed E-state index contributed by atoms with van der Waals surface area (Å²) < 4.78 is 46.0. The van der Waals surface area contributed by atoms with Gasteiger partial charge in [-0.05, 0) is 56.6 Å². The Hall–Kier alpha value is -1.76. The fourth-order valence-electron chi connectivity index (χ4n) is 3.42. The smallest absolute Gasteiger partial charge is 0.425 e. The van der Waals surface area contributed by atoms with Gasteiger partial charge in [0.05, 0.1) is 5.56 Å². The van der Waals surface area contributed by atoms with Crippen molar-refractivity contribution in [2.45, 2.75) is 51.3 Å². The molecule has 26 heavy (non-hydrogen) atoms. The van der Waals surface area contributed by atoms with Gasteiger partial charge < -0.3 is 15.4 Å². The lowest BCUT2D eigenvalue weighted by molar-refractivity contribution is -0.222. The molecule has 1 saturated heterocycles. The first-order valence-electron chi connectivity index (χ1n) is 9.17. The second-order valence-corrected chi connectivity index (χ2v) is 6.90. The van der Waals surface area contributed by atoms with Crippen molar-refractivity contribution in [3.8, 4) is 0 Å². The standard InChI is InChI=1S/C19H27F3N2O2/c1-2-6-15(13-24-11-4-3-5-12-24)17(19(20,21)22)26-18(25)14-7-9-16(23)10-8-14/h7-10,15,17H,2-6,11-13,23H2,1H3/t15-,17+/m0/s1. The van der Waals surface area contributed by atoms with Gasteiger partial charge in [0.25, 0.3) is 0 Å². The van der Waals surface area contributed by atoms with E-state index in [2.05, 4.69) is 4.90 Å². The molecular formula is C19H27F3N2O2. The number of hydrogen-bond acceptors (Lipinski definition) is 4. The molecule has 0 unspecified atom stereocenters. The van der Waals surface area contributed by atoms with Crippen LogP contribution in [0.4, 0.5) is 18.9 Å². The number of halogens is 3. The summed E-state index contributed by atoms with van der Waals surface area (Å²) in [6.45, 7) is 3.75. The third kappa shape index (κ3) is 5.90. The highest BCUT2D eigenvalue weighted by atomic mass is 19.4. The van der Waals surface area contributed by atoms with Gasteiger partial charge in [-0.25, -0.2) is 4.79 Å². The van der Waals surface area contributed by atoms with Gasteiger partial charge in [-0.2, -0.15) is 13.2 Å². The van der Waals surface area contributed by atoms with Gasteiger partial charge in [-0.3, -0.25) is 0 Å². The summed E-state index contributed by atoms with van der Waals surface area (Å²) in [5.74, 6) is -1.73. The lowest BCUT2D eigenvalue weighted by atomic mass is 9.94. The van der Waals surface area contributed by atoms with Crippen molar-refractivity contribution < 1.29 is 22.7 Å². The van der Waals surface area contributed by atoms with Gasteiger partial charge >= 0.3 is 12.1 Å². The first-order chi connectivity index (χ1) is 12.3. The van der Waals surface area contributed by atoms with E-state index in [9.17, 15) is 18.0 Å². The van der Waals surface area contributed by atoms with Crippen molar-refractivity contribution in [3.63, 3.8) is 0 Å². The number of hydrogen-bond donors (Lipinski definition) is 1. The summed E-state index contributed by atoms with van der Waals surface area (Å²) in [4.78, 5) is 14.3. The Bertz CT molecular complexity index is 569. The molecule has 0 aliphatic carbocycles. The van der Waals surface area contributed by atoms with Crippen molar-refractivity contribution in [2.75, 3.05) is 25.4 Å². The van der Waals surface area contributed by atoms with E-state index < -0.39 is 24.2 Å². The van der Waals surface area contributed by atoms with Crippen LogP contribution in [0.5, 0.6) is 0 Å². The van der Waals surface area contributed by atoms with E-state index in [0.29, 0.717) is 25.1 Å². The minimum atomic E-state index is -4.60. The van der Waals surface area contributed by atoms with E-state index in [0.717, 1.165) is 32.4 Å².